The van der Waals surface area contributed by atoms with E-state index in [4.69, 9.17) is 4.74 Å². The Labute approximate surface area is 109 Å². The average Bonchev–Trinajstić information content (AvgIpc) is 2.91. The van der Waals surface area contributed by atoms with Crippen molar-refractivity contribution >= 4 is 6.09 Å². The number of amides is 1. The molecule has 0 aromatic rings. The summed E-state index contributed by atoms with van der Waals surface area (Å²) < 4.78 is 5.20. The summed E-state index contributed by atoms with van der Waals surface area (Å²) in [7, 11) is 0. The zero-order chi connectivity index (χ0) is 14.1. The molecule has 2 N–H and O–H groups in total. The highest BCUT2D eigenvalue weighted by Gasteiger charge is 2.47. The molecule has 18 heavy (non-hydrogen) atoms. The average molecular weight is 259 g/mol. The molecule has 1 saturated heterocycles. The lowest BCUT2D eigenvalue weighted by atomic mass is 10.0. The Morgan fingerprint density at radius 1 is 1.39 bits per heavy atom. The molecule has 0 aromatic carbocycles. The first-order valence-corrected chi connectivity index (χ1v) is 6.47. The maximum absolute atomic E-state index is 11.7. The van der Waals surface area contributed by atoms with E-state index in [9.17, 15) is 15.0 Å². The molecule has 0 saturated carbocycles. The highest BCUT2D eigenvalue weighted by Crippen LogP contribution is 2.27. The fourth-order valence-electron chi connectivity index (χ4n) is 1.86. The molecule has 3 atom stereocenters. The summed E-state index contributed by atoms with van der Waals surface area (Å²) in [5.41, 5.74) is -0.536. The number of carbonyl (C=O) groups excluding carboxylic acids is 1. The molecule has 1 fully saturated rings. The molecule has 0 aliphatic carbocycles. The molecule has 106 valence electrons. The first-order chi connectivity index (χ1) is 8.11. The molecule has 1 amide bonds. The predicted octanol–water partition coefficient (Wildman–Crippen LogP) is 1.37. The van der Waals surface area contributed by atoms with Gasteiger partial charge in [-0.3, -0.25) is 4.90 Å². The second kappa shape index (κ2) is 5.45. The maximum Gasteiger partial charge on any atom is 0.410 e. The van der Waals surface area contributed by atoms with Gasteiger partial charge in [-0.05, 0) is 33.1 Å². The summed E-state index contributed by atoms with van der Waals surface area (Å²) in [5.74, 6) is 0.309. The number of aliphatic hydroxyl groups is 2. The van der Waals surface area contributed by atoms with Crippen molar-refractivity contribution in [3.63, 3.8) is 0 Å². The van der Waals surface area contributed by atoms with Gasteiger partial charge in [-0.1, -0.05) is 13.8 Å². The van der Waals surface area contributed by atoms with Crippen LogP contribution in [0.1, 0.15) is 41.0 Å². The van der Waals surface area contributed by atoms with E-state index in [1.165, 1.54) is 4.90 Å². The van der Waals surface area contributed by atoms with Gasteiger partial charge in [0.25, 0.3) is 0 Å². The van der Waals surface area contributed by atoms with Crippen molar-refractivity contribution in [3.05, 3.63) is 0 Å². The summed E-state index contributed by atoms with van der Waals surface area (Å²) in [6.45, 7) is 9.81. The van der Waals surface area contributed by atoms with E-state index in [0.717, 1.165) is 0 Å². The van der Waals surface area contributed by atoms with Gasteiger partial charge in [-0.25, -0.2) is 4.79 Å². The molecule has 0 spiro atoms. The van der Waals surface area contributed by atoms with Crippen LogP contribution in [0, 0.1) is 5.92 Å². The van der Waals surface area contributed by atoms with Gasteiger partial charge in [0.2, 0.25) is 0 Å². The molecule has 1 rings (SSSR count). The third-order valence-electron chi connectivity index (χ3n) is 2.78. The van der Waals surface area contributed by atoms with Gasteiger partial charge in [0, 0.05) is 6.54 Å². The van der Waals surface area contributed by atoms with Gasteiger partial charge >= 0.3 is 6.09 Å². The molecule has 0 bridgehead atoms. The van der Waals surface area contributed by atoms with Crippen molar-refractivity contribution in [1.82, 2.24) is 4.90 Å². The van der Waals surface area contributed by atoms with Crippen molar-refractivity contribution < 1.29 is 19.7 Å². The quantitative estimate of drug-likeness (QED) is 0.748. The van der Waals surface area contributed by atoms with Gasteiger partial charge in [0.1, 0.15) is 11.7 Å². The number of rotatable bonds is 4. The van der Waals surface area contributed by atoms with E-state index in [1.54, 1.807) is 20.8 Å². The van der Waals surface area contributed by atoms with E-state index >= 15 is 0 Å². The minimum atomic E-state index is -0.889. The third kappa shape index (κ3) is 4.46. The Bertz CT molecular complexity index is 298. The van der Waals surface area contributed by atoms with Crippen LogP contribution in [0.15, 0.2) is 0 Å². The van der Waals surface area contributed by atoms with E-state index in [-0.39, 0.29) is 6.04 Å². The van der Waals surface area contributed by atoms with E-state index in [0.29, 0.717) is 18.9 Å². The normalized spacial score (nSPS) is 22.9. The Morgan fingerprint density at radius 3 is 2.39 bits per heavy atom. The molecule has 1 heterocycles. The van der Waals surface area contributed by atoms with E-state index in [1.807, 2.05) is 13.8 Å². The van der Waals surface area contributed by atoms with Gasteiger partial charge in [-0.2, -0.15) is 0 Å². The Morgan fingerprint density at radius 2 is 1.94 bits per heavy atom. The summed E-state index contributed by atoms with van der Waals surface area (Å²) in [6.07, 6.45) is -1.58. The number of nitrogens with zero attached hydrogens (tertiary/aromatic N) is 1. The van der Waals surface area contributed by atoms with Gasteiger partial charge in [0.05, 0.1) is 12.1 Å². The number of ether oxygens (including phenoxy) is 1. The maximum atomic E-state index is 11.7. The number of hydrogen-bond donors (Lipinski definition) is 2. The van der Waals surface area contributed by atoms with Crippen LogP contribution in [0.25, 0.3) is 0 Å². The van der Waals surface area contributed by atoms with Crippen LogP contribution in [0.4, 0.5) is 4.79 Å². The van der Waals surface area contributed by atoms with Crippen LogP contribution >= 0.6 is 0 Å². The van der Waals surface area contributed by atoms with E-state index < -0.39 is 23.9 Å². The van der Waals surface area contributed by atoms with Crippen molar-refractivity contribution in [2.75, 3.05) is 6.54 Å². The van der Waals surface area contributed by atoms with Crippen molar-refractivity contribution in [1.29, 1.82) is 0 Å². The Kier molecular flexibility index (Phi) is 4.61. The minimum Gasteiger partial charge on any atom is -0.444 e. The fourth-order valence-corrected chi connectivity index (χ4v) is 1.86. The monoisotopic (exact) mass is 259 g/mol. The van der Waals surface area contributed by atoms with Crippen molar-refractivity contribution in [2.24, 2.45) is 5.92 Å². The van der Waals surface area contributed by atoms with Crippen LogP contribution in [0.2, 0.25) is 0 Å². The number of hydrogen-bond acceptors (Lipinski definition) is 4. The second-order valence-electron chi connectivity index (χ2n) is 6.39. The molecule has 0 unspecified atom stereocenters. The van der Waals surface area contributed by atoms with E-state index in [2.05, 4.69) is 0 Å². The molecule has 0 radical (unpaired) electrons. The zero-order valence-corrected chi connectivity index (χ0v) is 11.9. The Balaban J connectivity index is 2.42. The summed E-state index contributed by atoms with van der Waals surface area (Å²) >= 11 is 0. The van der Waals surface area contributed by atoms with Gasteiger partial charge in [0.15, 0.2) is 0 Å². The SMILES string of the molecule is CC(C)C[C@H](O)[C@H](O)[C@@H]1CN1C(=O)OC(C)(C)C. The van der Waals surface area contributed by atoms with Crippen LogP contribution in [0.3, 0.4) is 0 Å². The first-order valence-electron chi connectivity index (χ1n) is 6.47. The molecule has 5 nitrogen and oxygen atoms in total. The molecule has 5 heteroatoms. The first kappa shape index (κ1) is 15.2. The molecular weight excluding hydrogens is 234 g/mol. The summed E-state index contributed by atoms with van der Waals surface area (Å²) in [6, 6.07) is -0.311. The van der Waals surface area contributed by atoms with Crippen LogP contribution in [-0.4, -0.2) is 51.6 Å². The van der Waals surface area contributed by atoms with Crippen LogP contribution in [0.5, 0.6) is 0 Å². The smallest absolute Gasteiger partial charge is 0.410 e. The third-order valence-corrected chi connectivity index (χ3v) is 2.78. The number of aliphatic hydroxyl groups excluding tert-OH is 2. The summed E-state index contributed by atoms with van der Waals surface area (Å²) in [5, 5.41) is 19.7. The molecular formula is C13H25NO4. The van der Waals surface area contributed by atoms with Gasteiger partial charge < -0.3 is 14.9 Å². The molecule has 1 aliphatic rings. The fraction of sp³-hybridized carbons (Fsp3) is 0.923. The van der Waals surface area contributed by atoms with Gasteiger partial charge in [-0.15, -0.1) is 0 Å². The zero-order valence-electron chi connectivity index (χ0n) is 11.9. The highest BCUT2D eigenvalue weighted by atomic mass is 16.6. The number of carbonyl (C=O) groups is 1. The lowest BCUT2D eigenvalue weighted by molar-refractivity contribution is -0.00452. The molecule has 1 aliphatic heterocycles. The molecule has 0 aromatic heterocycles. The van der Waals surface area contributed by atoms with Crippen molar-refractivity contribution in [3.8, 4) is 0 Å². The van der Waals surface area contributed by atoms with Crippen LogP contribution < -0.4 is 0 Å². The summed E-state index contributed by atoms with van der Waals surface area (Å²) in [4.78, 5) is 13.1. The largest absolute Gasteiger partial charge is 0.444 e. The lowest BCUT2D eigenvalue weighted by Gasteiger charge is -2.22. The van der Waals surface area contributed by atoms with Crippen LogP contribution in [-0.2, 0) is 4.74 Å². The minimum absolute atomic E-state index is 0.309. The van der Waals surface area contributed by atoms with Crippen molar-refractivity contribution in [2.45, 2.75) is 64.9 Å². The topological polar surface area (TPSA) is 69.8 Å². The Hall–Kier alpha value is -0.810. The second-order valence-corrected chi connectivity index (χ2v) is 6.39. The highest BCUT2D eigenvalue weighted by molar-refractivity contribution is 5.71. The predicted molar refractivity (Wildman–Crippen MR) is 68.2 cm³/mol. The lowest BCUT2D eigenvalue weighted by Crippen LogP contribution is -2.36. The standard InChI is InChI=1S/C13H25NO4/c1-8(2)6-10(15)11(16)9-7-14(9)12(17)18-13(3,4)5/h8-11,15-16H,6-7H2,1-5H3/t9-,10-,11+,14?/m0/s1.